The van der Waals surface area contributed by atoms with E-state index in [-0.39, 0.29) is 0 Å². The summed E-state index contributed by atoms with van der Waals surface area (Å²) in [7, 11) is 0.662. The lowest BCUT2D eigenvalue weighted by Gasteiger charge is -2.30. The second kappa shape index (κ2) is 9.73. The van der Waals surface area contributed by atoms with E-state index in [0.717, 1.165) is 23.4 Å². The smallest absolute Gasteiger partial charge is 0.258 e. The standard InChI is InChI=1S/C23H28N3O2P/c1-4-17-28-29(27,22-14-12-21(13-15-22)26(2)3)23(19-9-8-16-24-18-19)25-20-10-6-5-7-11-20/h5-16,18,23,25H,4,17H2,1-3H3/t23-,29-/m0/s1. The average Bonchev–Trinajstić information content (AvgIpc) is 2.77. The van der Waals surface area contributed by atoms with Crippen molar-refractivity contribution in [1.82, 2.24) is 4.98 Å². The van der Waals surface area contributed by atoms with Crippen molar-refractivity contribution < 1.29 is 9.09 Å². The number of hydrogen-bond donors (Lipinski definition) is 1. The fraction of sp³-hybridized carbons (Fsp3) is 0.261. The molecule has 0 unspecified atom stereocenters. The lowest BCUT2D eigenvalue weighted by molar-refractivity contribution is 0.315. The van der Waals surface area contributed by atoms with E-state index in [9.17, 15) is 4.57 Å². The van der Waals surface area contributed by atoms with Crippen LogP contribution >= 0.6 is 7.37 Å². The van der Waals surface area contributed by atoms with E-state index >= 15 is 0 Å². The van der Waals surface area contributed by atoms with E-state index in [0.29, 0.717) is 11.9 Å². The van der Waals surface area contributed by atoms with Crippen LogP contribution in [0.25, 0.3) is 0 Å². The maximum Gasteiger partial charge on any atom is 0.258 e. The Kier molecular flexibility index (Phi) is 7.08. The minimum atomic E-state index is -3.31. The summed E-state index contributed by atoms with van der Waals surface area (Å²) in [6.07, 6.45) is 4.24. The van der Waals surface area contributed by atoms with Crippen LogP contribution in [0.2, 0.25) is 0 Å². The van der Waals surface area contributed by atoms with Crippen LogP contribution in [-0.4, -0.2) is 25.7 Å². The van der Waals surface area contributed by atoms with Gasteiger partial charge in [0.05, 0.1) is 6.61 Å². The van der Waals surface area contributed by atoms with Gasteiger partial charge in [-0.3, -0.25) is 9.55 Å². The molecule has 1 N–H and O–H groups in total. The predicted octanol–water partition coefficient (Wildman–Crippen LogP) is 5.29. The Balaban J connectivity index is 2.08. The molecule has 0 bridgehead atoms. The molecule has 0 radical (unpaired) electrons. The minimum absolute atomic E-state index is 0.417. The van der Waals surface area contributed by atoms with Crippen LogP contribution in [0.1, 0.15) is 24.7 Å². The number of aromatic nitrogens is 1. The van der Waals surface area contributed by atoms with Crippen LogP contribution in [0.15, 0.2) is 79.1 Å². The van der Waals surface area contributed by atoms with E-state index in [1.54, 1.807) is 12.4 Å². The van der Waals surface area contributed by atoms with Gasteiger partial charge in [-0.2, -0.15) is 0 Å². The Bertz CT molecular complexity index is 931. The van der Waals surface area contributed by atoms with Crippen LogP contribution in [0.3, 0.4) is 0 Å². The van der Waals surface area contributed by atoms with Crippen molar-refractivity contribution in [3.05, 3.63) is 84.7 Å². The molecule has 152 valence electrons. The van der Waals surface area contributed by atoms with Crippen molar-refractivity contribution in [2.75, 3.05) is 30.9 Å². The summed E-state index contributed by atoms with van der Waals surface area (Å²) in [5.74, 6) is -0.546. The summed E-state index contributed by atoms with van der Waals surface area (Å²) in [4.78, 5) is 6.26. The third-order valence-electron chi connectivity index (χ3n) is 4.63. The van der Waals surface area contributed by atoms with Crippen molar-refractivity contribution in [2.24, 2.45) is 0 Å². The SMILES string of the molecule is CCCO[P@@](=O)(c1ccc(N(C)C)cc1)[C@H](Nc1ccccc1)c1cccnc1. The van der Waals surface area contributed by atoms with Gasteiger partial charge in [0.2, 0.25) is 0 Å². The van der Waals surface area contributed by atoms with Gasteiger partial charge in [-0.15, -0.1) is 0 Å². The summed E-state index contributed by atoms with van der Waals surface area (Å²) in [5, 5.41) is 4.13. The quantitative estimate of drug-likeness (QED) is 0.487. The van der Waals surface area contributed by atoms with Crippen LogP contribution in [-0.2, 0) is 9.09 Å². The van der Waals surface area contributed by atoms with Gasteiger partial charge in [0, 0.05) is 48.7 Å². The molecule has 6 heteroatoms. The zero-order valence-corrected chi connectivity index (χ0v) is 18.0. The number of hydrogen-bond acceptors (Lipinski definition) is 5. The summed E-state index contributed by atoms with van der Waals surface area (Å²) in [6.45, 7) is 2.43. The molecule has 1 aromatic heterocycles. The molecule has 3 rings (SSSR count). The molecule has 0 aliphatic carbocycles. The number of anilines is 2. The van der Waals surface area contributed by atoms with Crippen LogP contribution in [0, 0.1) is 0 Å². The molecule has 2 atom stereocenters. The van der Waals surface area contributed by atoms with E-state index in [1.165, 1.54) is 0 Å². The van der Waals surface area contributed by atoms with Gasteiger partial charge < -0.3 is 14.7 Å². The monoisotopic (exact) mass is 409 g/mol. The number of benzene rings is 2. The number of para-hydroxylation sites is 1. The highest BCUT2D eigenvalue weighted by Gasteiger charge is 2.38. The zero-order chi connectivity index (χ0) is 20.7. The van der Waals surface area contributed by atoms with Crippen molar-refractivity contribution in [3.63, 3.8) is 0 Å². The highest BCUT2D eigenvalue weighted by Crippen LogP contribution is 2.59. The fourth-order valence-electron chi connectivity index (χ4n) is 3.08. The largest absolute Gasteiger partial charge is 0.378 e. The van der Waals surface area contributed by atoms with E-state index in [2.05, 4.69) is 10.3 Å². The maximum absolute atomic E-state index is 14.4. The Morgan fingerprint density at radius 3 is 2.34 bits per heavy atom. The molecule has 29 heavy (non-hydrogen) atoms. The van der Waals surface area contributed by atoms with Gasteiger partial charge in [-0.1, -0.05) is 31.2 Å². The molecular formula is C23H28N3O2P. The van der Waals surface area contributed by atoms with Crippen molar-refractivity contribution >= 4 is 24.0 Å². The van der Waals surface area contributed by atoms with Crippen LogP contribution in [0.4, 0.5) is 11.4 Å². The molecule has 0 saturated heterocycles. The first-order chi connectivity index (χ1) is 14.0. The van der Waals surface area contributed by atoms with Gasteiger partial charge >= 0.3 is 0 Å². The second-order valence-corrected chi connectivity index (χ2v) is 9.53. The van der Waals surface area contributed by atoms with Crippen molar-refractivity contribution in [1.29, 1.82) is 0 Å². The normalized spacial score (nSPS) is 14.0. The molecule has 0 amide bonds. The molecule has 0 aliphatic heterocycles. The molecule has 0 saturated carbocycles. The van der Waals surface area contributed by atoms with Gasteiger partial charge in [-0.25, -0.2) is 0 Å². The highest BCUT2D eigenvalue weighted by atomic mass is 31.2. The third-order valence-corrected chi connectivity index (χ3v) is 7.32. The molecule has 3 aromatic rings. The molecule has 0 aliphatic rings. The molecular weight excluding hydrogens is 381 g/mol. The fourth-order valence-corrected chi connectivity index (χ4v) is 5.56. The van der Waals surface area contributed by atoms with Crippen LogP contribution < -0.4 is 15.5 Å². The summed E-state index contributed by atoms with van der Waals surface area (Å²) in [5.41, 5.74) is 2.75. The maximum atomic E-state index is 14.4. The van der Waals surface area contributed by atoms with Gasteiger partial charge in [0.25, 0.3) is 7.37 Å². The summed E-state index contributed by atoms with van der Waals surface area (Å²) >= 11 is 0. The summed E-state index contributed by atoms with van der Waals surface area (Å²) in [6, 6.07) is 21.3. The zero-order valence-electron chi connectivity index (χ0n) is 17.2. The molecule has 5 nitrogen and oxygen atoms in total. The lowest BCUT2D eigenvalue weighted by Crippen LogP contribution is -2.21. The van der Waals surface area contributed by atoms with Gasteiger partial charge in [-0.05, 0) is 48.9 Å². The average molecular weight is 409 g/mol. The van der Waals surface area contributed by atoms with Crippen molar-refractivity contribution in [3.8, 4) is 0 Å². The molecule has 2 aromatic carbocycles. The van der Waals surface area contributed by atoms with Gasteiger partial charge in [0.1, 0.15) is 5.78 Å². The van der Waals surface area contributed by atoms with Gasteiger partial charge in [0.15, 0.2) is 0 Å². The minimum Gasteiger partial charge on any atom is -0.378 e. The topological polar surface area (TPSA) is 54.5 Å². The third kappa shape index (κ3) is 5.06. The lowest BCUT2D eigenvalue weighted by atomic mass is 10.2. The van der Waals surface area contributed by atoms with E-state index < -0.39 is 13.2 Å². The number of nitrogens with zero attached hydrogens (tertiary/aromatic N) is 2. The Hall–Kier alpha value is -2.62. The van der Waals surface area contributed by atoms with E-state index in [4.69, 9.17) is 4.52 Å². The Labute approximate surface area is 173 Å². The predicted molar refractivity (Wildman–Crippen MR) is 121 cm³/mol. The second-order valence-electron chi connectivity index (χ2n) is 7.04. The highest BCUT2D eigenvalue weighted by molar-refractivity contribution is 7.67. The molecule has 0 fully saturated rings. The van der Waals surface area contributed by atoms with Crippen molar-refractivity contribution in [2.45, 2.75) is 19.1 Å². The van der Waals surface area contributed by atoms with E-state index in [1.807, 2.05) is 92.6 Å². The first kappa shape index (κ1) is 21.1. The Morgan fingerprint density at radius 1 is 1.03 bits per heavy atom. The molecule has 1 heterocycles. The summed E-state index contributed by atoms with van der Waals surface area (Å²) < 4.78 is 20.5. The molecule has 0 spiro atoms. The number of pyridine rings is 1. The Morgan fingerprint density at radius 2 is 1.76 bits per heavy atom. The first-order valence-electron chi connectivity index (χ1n) is 9.78. The number of nitrogens with one attached hydrogen (secondary N) is 1. The number of rotatable bonds is 9. The van der Waals surface area contributed by atoms with Crippen LogP contribution in [0.5, 0.6) is 0 Å². The first-order valence-corrected chi connectivity index (χ1v) is 11.5.